The lowest BCUT2D eigenvalue weighted by molar-refractivity contribution is -0.144. The van der Waals surface area contributed by atoms with E-state index in [0.717, 1.165) is 11.1 Å². The number of allylic oxidation sites excluding steroid dienone is 1. The van der Waals surface area contributed by atoms with E-state index in [2.05, 4.69) is 27.8 Å². The Kier molecular flexibility index (Phi) is 13.4. The van der Waals surface area contributed by atoms with Crippen molar-refractivity contribution in [2.75, 3.05) is 27.2 Å². The zero-order valence-electron chi connectivity index (χ0n) is 32.7. The lowest BCUT2D eigenvalue weighted by Gasteiger charge is -2.35. The van der Waals surface area contributed by atoms with Crippen LogP contribution in [0.5, 0.6) is 0 Å². The number of likely N-dealkylation sites (tertiary alicyclic amines) is 1. The molecule has 1 unspecified atom stereocenters. The number of piperidine rings is 1. The van der Waals surface area contributed by atoms with E-state index in [1.54, 1.807) is 65.2 Å². The molecule has 3 aliphatic rings. The number of carbonyl (C=O) groups is 7. The number of carbonyl (C=O) groups excluding carboxylic acids is 7. The van der Waals surface area contributed by atoms with Gasteiger partial charge in [0, 0.05) is 32.5 Å². The van der Waals surface area contributed by atoms with Gasteiger partial charge in [0.1, 0.15) is 28.1 Å². The van der Waals surface area contributed by atoms with Gasteiger partial charge in [-0.3, -0.25) is 28.8 Å². The highest BCUT2D eigenvalue weighted by atomic mass is 35.5. The fraction of sp³-hybridized carbons (Fsp3) is 0.488. The summed E-state index contributed by atoms with van der Waals surface area (Å²) < 4.78 is 4.19. The minimum atomic E-state index is -1.37. The highest BCUT2D eigenvalue weighted by molar-refractivity contribution is 6.51. The van der Waals surface area contributed by atoms with Gasteiger partial charge in [0.25, 0.3) is 5.91 Å². The summed E-state index contributed by atoms with van der Waals surface area (Å²) in [7, 11) is 3.09. The van der Waals surface area contributed by atoms with Crippen molar-refractivity contribution < 1.29 is 38.3 Å². The van der Waals surface area contributed by atoms with E-state index in [0.29, 0.717) is 18.4 Å². The van der Waals surface area contributed by atoms with Crippen molar-refractivity contribution in [2.45, 2.75) is 80.6 Å². The molecule has 2 aliphatic carbocycles. The minimum Gasteiger partial charge on any atom is -0.444 e. The number of hydrogen-bond acceptors (Lipinski definition) is 8. The Bertz CT molecular complexity index is 1880. The second kappa shape index (κ2) is 17.7. The molecule has 1 aliphatic heterocycles. The maximum Gasteiger partial charge on any atom is 0.408 e. The maximum atomic E-state index is 14.6. The molecule has 6 atom stereocenters. The van der Waals surface area contributed by atoms with Crippen LogP contribution in [0.15, 0.2) is 67.3 Å². The van der Waals surface area contributed by atoms with Gasteiger partial charge in [0.2, 0.25) is 29.4 Å². The predicted octanol–water partition coefficient (Wildman–Crippen LogP) is 3.01. The summed E-state index contributed by atoms with van der Waals surface area (Å²) in [5, 5.41) is 10.3. The fourth-order valence-electron chi connectivity index (χ4n) is 7.58. The second-order valence-corrected chi connectivity index (χ2v) is 17.4. The molecule has 0 radical (unpaired) electrons. The molecular weight excluding hydrogens is 775 g/mol. The molecule has 16 heteroatoms. The molecule has 0 spiro atoms. The van der Waals surface area contributed by atoms with Crippen molar-refractivity contribution in [2.24, 2.45) is 17.8 Å². The Morgan fingerprint density at radius 2 is 1.56 bits per heavy atom. The Hall–Kier alpha value is -4.95. The van der Waals surface area contributed by atoms with Crippen molar-refractivity contribution in [3.63, 3.8) is 0 Å². The zero-order valence-corrected chi connectivity index (χ0v) is 34.2. The van der Waals surface area contributed by atoms with Crippen molar-refractivity contribution in [3.8, 4) is 0 Å². The molecule has 14 nitrogen and oxygen atoms in total. The first-order chi connectivity index (χ1) is 26.8. The Balaban J connectivity index is 1.30. The van der Waals surface area contributed by atoms with Crippen LogP contribution in [0.25, 0.3) is 0 Å². The number of fused-ring (bicyclic) bond motifs is 2. The number of amides is 6. The van der Waals surface area contributed by atoms with E-state index < -0.39 is 93.9 Å². The fourth-order valence-corrected chi connectivity index (χ4v) is 8.40. The van der Waals surface area contributed by atoms with Gasteiger partial charge >= 0.3 is 6.09 Å². The Morgan fingerprint density at radius 1 is 0.947 bits per heavy atom. The molecule has 1 saturated carbocycles. The molecule has 5 rings (SSSR count). The van der Waals surface area contributed by atoms with Crippen LogP contribution in [0.3, 0.4) is 0 Å². The third-order valence-corrected chi connectivity index (χ3v) is 11.5. The molecule has 0 aromatic heterocycles. The van der Waals surface area contributed by atoms with Crippen molar-refractivity contribution in [1.29, 1.82) is 0 Å². The van der Waals surface area contributed by atoms with E-state index in [9.17, 15) is 33.6 Å². The van der Waals surface area contributed by atoms with E-state index in [1.807, 2.05) is 24.3 Å². The first-order valence-corrected chi connectivity index (χ1v) is 19.6. The quantitative estimate of drug-likeness (QED) is 0.120. The molecule has 306 valence electrons. The molecular formula is C41H50Cl2N6O8. The molecule has 2 aromatic rings. The van der Waals surface area contributed by atoms with Gasteiger partial charge in [-0.1, -0.05) is 60.7 Å². The standard InChI is InChI=1S/C41H50Cl2N6O8/c1-7-8-18-28(34(51)36(53)44-21-29(50)46-31(37(54)48(5)6)23-14-10-9-11-15-23)45-35(52)33-30-27(41(30,42)43)22-49(33)38(55)32(47-39(56)57-40(2,3)4)26-19-24-16-12-13-17-25(24)20-26/h7,9-17,26-28,30-33H,1,8,18-22H2,2-6H3,(H,44,53)(H,45,52)(H,46,50)(H,47,56)/t27-,28?,30-,31-,32-,33-/m0/s1. The van der Waals surface area contributed by atoms with E-state index in [1.165, 1.54) is 15.9 Å². The first kappa shape index (κ1) is 43.2. The number of hydrogen-bond donors (Lipinski definition) is 4. The third kappa shape index (κ3) is 10.1. The number of rotatable bonds is 15. The van der Waals surface area contributed by atoms with Crippen LogP contribution in [-0.2, 0) is 46.3 Å². The van der Waals surface area contributed by atoms with Gasteiger partial charge < -0.3 is 35.8 Å². The van der Waals surface area contributed by atoms with Crippen molar-refractivity contribution >= 4 is 64.6 Å². The second-order valence-electron chi connectivity index (χ2n) is 15.9. The monoisotopic (exact) mass is 824 g/mol. The highest BCUT2D eigenvalue weighted by Crippen LogP contribution is 2.65. The number of ether oxygens (including phenoxy) is 1. The average molecular weight is 826 g/mol. The molecule has 57 heavy (non-hydrogen) atoms. The van der Waals surface area contributed by atoms with Crippen molar-refractivity contribution in [1.82, 2.24) is 31.1 Å². The van der Waals surface area contributed by atoms with Crippen LogP contribution in [0, 0.1) is 17.8 Å². The van der Waals surface area contributed by atoms with E-state index >= 15 is 0 Å². The molecule has 0 bridgehead atoms. The highest BCUT2D eigenvalue weighted by Gasteiger charge is 2.74. The van der Waals surface area contributed by atoms with Crippen LogP contribution in [0.4, 0.5) is 4.79 Å². The Morgan fingerprint density at radius 3 is 2.14 bits per heavy atom. The summed E-state index contributed by atoms with van der Waals surface area (Å²) in [6.45, 7) is 8.18. The molecule has 2 aromatic carbocycles. The molecule has 2 fully saturated rings. The van der Waals surface area contributed by atoms with E-state index in [-0.39, 0.29) is 25.3 Å². The van der Waals surface area contributed by atoms with Crippen LogP contribution < -0.4 is 21.3 Å². The van der Waals surface area contributed by atoms with Crippen LogP contribution in [-0.4, -0.2) is 106 Å². The summed E-state index contributed by atoms with van der Waals surface area (Å²) in [4.78, 5) is 97.1. The molecule has 1 saturated heterocycles. The zero-order chi connectivity index (χ0) is 41.8. The normalized spacial score (nSPS) is 20.8. The lowest BCUT2D eigenvalue weighted by atomic mass is 9.94. The lowest BCUT2D eigenvalue weighted by Crippen LogP contribution is -2.60. The Labute approximate surface area is 342 Å². The predicted molar refractivity (Wildman–Crippen MR) is 213 cm³/mol. The number of likely N-dealkylation sites (N-methyl/N-ethyl adjacent to an activating group) is 1. The van der Waals surface area contributed by atoms with E-state index in [4.69, 9.17) is 27.9 Å². The topological polar surface area (TPSA) is 183 Å². The first-order valence-electron chi connectivity index (χ1n) is 18.9. The average Bonchev–Trinajstić information content (AvgIpc) is 3.51. The number of Topliss-reactive ketones (excluding diaryl/α,β-unsaturated/α-hetero) is 1. The molecule has 1 heterocycles. The third-order valence-electron chi connectivity index (χ3n) is 10.4. The number of halogens is 2. The van der Waals surface area contributed by atoms with Crippen LogP contribution in [0.1, 0.15) is 56.3 Å². The van der Waals surface area contributed by atoms with Gasteiger partial charge in [-0.2, -0.15) is 0 Å². The SMILES string of the molecule is C=CCCC(NC(=O)[C@@H]1[C@@H]2[C@H](CN1C(=O)[C@@H](NC(=O)OC(C)(C)C)C1Cc3ccccc3C1)C2(Cl)Cl)C(=O)C(=O)NCC(=O)N[C@H](C(=O)N(C)C)c1ccccc1. The summed E-state index contributed by atoms with van der Waals surface area (Å²) in [6, 6.07) is 11.6. The summed E-state index contributed by atoms with van der Waals surface area (Å²) in [6.07, 6.45) is 1.93. The van der Waals surface area contributed by atoms with Gasteiger partial charge in [0.15, 0.2) is 0 Å². The van der Waals surface area contributed by atoms with Crippen molar-refractivity contribution in [3.05, 3.63) is 83.9 Å². The summed E-state index contributed by atoms with van der Waals surface area (Å²) in [5.41, 5.74) is 1.77. The number of nitrogens with zero attached hydrogens (tertiary/aromatic N) is 2. The maximum absolute atomic E-state index is 14.6. The van der Waals surface area contributed by atoms with Crippen LogP contribution >= 0.6 is 23.2 Å². The number of ketones is 1. The number of alkyl halides is 2. The smallest absolute Gasteiger partial charge is 0.408 e. The summed E-state index contributed by atoms with van der Waals surface area (Å²) in [5.74, 6) is -6.13. The van der Waals surface area contributed by atoms with Gasteiger partial charge in [-0.05, 0) is 69.1 Å². The minimum absolute atomic E-state index is 0.0158. The summed E-state index contributed by atoms with van der Waals surface area (Å²) >= 11 is 13.2. The largest absolute Gasteiger partial charge is 0.444 e. The van der Waals surface area contributed by atoms with Gasteiger partial charge in [-0.15, -0.1) is 29.8 Å². The number of benzene rings is 2. The number of alkyl carbamates (subject to hydrolysis) is 1. The van der Waals surface area contributed by atoms with Gasteiger partial charge in [0.05, 0.1) is 12.6 Å². The van der Waals surface area contributed by atoms with Crippen LogP contribution in [0.2, 0.25) is 0 Å². The molecule has 4 N–H and O–H groups in total. The van der Waals surface area contributed by atoms with Gasteiger partial charge in [-0.25, -0.2) is 4.79 Å². The number of nitrogens with one attached hydrogen (secondary N) is 4. The molecule has 6 amide bonds.